The van der Waals surface area contributed by atoms with Crippen LogP contribution in [-0.4, -0.2) is 12.2 Å². The highest BCUT2D eigenvalue weighted by Crippen LogP contribution is 2.28. The minimum absolute atomic E-state index is 0.00799. The molecule has 0 aromatic rings. The topological polar surface area (TPSA) is 18.5 Å². The van der Waals surface area contributed by atoms with Crippen LogP contribution in [0.3, 0.4) is 0 Å². The molecular formula is C22H37O2P3. The van der Waals surface area contributed by atoms with Gasteiger partial charge in [-0.3, -0.25) is 0 Å². The van der Waals surface area contributed by atoms with Crippen molar-refractivity contribution in [2.75, 3.05) is 0 Å². The second-order valence-electron chi connectivity index (χ2n) is 5.89. The Morgan fingerprint density at radius 3 is 2.26 bits per heavy atom. The van der Waals surface area contributed by atoms with Gasteiger partial charge in [-0.2, -0.15) is 0 Å². The quantitative estimate of drug-likeness (QED) is 0.143. The highest BCUT2D eigenvalue weighted by molar-refractivity contribution is 8.00. The Hall–Kier alpha value is -0.350. The monoisotopic (exact) mass is 426 g/mol. The fourth-order valence-electron chi connectivity index (χ4n) is 2.18. The molecule has 5 atom stereocenters. The zero-order valence-electron chi connectivity index (χ0n) is 16.8. The fraction of sp³-hybridized carbons (Fsp3) is 0.455. The summed E-state index contributed by atoms with van der Waals surface area (Å²) in [6.07, 6.45) is 31.6. The maximum absolute atomic E-state index is 5.85. The number of hydrogen-bond donors (Lipinski definition) is 0. The van der Waals surface area contributed by atoms with E-state index in [1.807, 2.05) is 24.3 Å². The molecule has 0 radical (unpaired) electrons. The molecule has 0 heterocycles. The zero-order chi connectivity index (χ0) is 20.0. The van der Waals surface area contributed by atoms with Crippen molar-refractivity contribution in [1.82, 2.24) is 0 Å². The highest BCUT2D eigenvalue weighted by Gasteiger charge is 2.17. The molecule has 0 bridgehead atoms. The standard InChI is InChI=1S/C22H37O2P3/c1-3-5-7-9-11-12-13-14-16-17-19-21(23-25)22(24-27-26)20-18-15-10-8-6-4-2/h6-9,12-19,21-22,27H,3-5,10-11,20,25-26H2,1-2H3/b8-6-,9-7-,13-12-,16-14-,18-15-,19-17+. The molecule has 0 aliphatic rings. The van der Waals surface area contributed by atoms with Crippen molar-refractivity contribution in [3.63, 3.8) is 0 Å². The minimum atomic E-state index is -0.0931. The first kappa shape index (κ1) is 26.6. The molecule has 0 fully saturated rings. The van der Waals surface area contributed by atoms with Crippen LogP contribution in [-0.2, 0) is 9.05 Å². The van der Waals surface area contributed by atoms with Crippen LogP contribution >= 0.6 is 26.9 Å². The number of rotatable bonds is 16. The molecule has 0 aromatic carbocycles. The first-order valence-corrected chi connectivity index (χ1v) is 12.9. The van der Waals surface area contributed by atoms with Crippen LogP contribution < -0.4 is 0 Å². The Bertz CT molecular complexity index is 494. The van der Waals surface area contributed by atoms with Crippen molar-refractivity contribution >= 4 is 26.9 Å². The fourth-order valence-corrected chi connectivity index (χ4v) is 3.38. The van der Waals surface area contributed by atoms with Gasteiger partial charge in [0.1, 0.15) is 6.10 Å². The van der Waals surface area contributed by atoms with Crippen molar-refractivity contribution in [1.29, 1.82) is 0 Å². The van der Waals surface area contributed by atoms with E-state index in [2.05, 4.69) is 80.9 Å². The molecule has 27 heavy (non-hydrogen) atoms. The lowest BCUT2D eigenvalue weighted by Crippen LogP contribution is -2.24. The van der Waals surface area contributed by atoms with Crippen LogP contribution in [0.4, 0.5) is 0 Å². The third-order valence-corrected chi connectivity index (χ3v) is 4.78. The molecule has 0 saturated heterocycles. The maximum Gasteiger partial charge on any atom is 0.106 e. The predicted octanol–water partition coefficient (Wildman–Crippen LogP) is 7.65. The molecule has 0 amide bonds. The SMILES string of the molecule is CC/C=C\C/C=C\CC(OPP)C(/C=C/C=C\C=C/C/C=C\CCC)OP. The van der Waals surface area contributed by atoms with Crippen LogP contribution in [0.15, 0.2) is 72.9 Å². The van der Waals surface area contributed by atoms with Gasteiger partial charge in [-0.15, -0.1) is 0 Å². The highest BCUT2D eigenvalue weighted by atomic mass is 32.0. The summed E-state index contributed by atoms with van der Waals surface area (Å²) in [6.45, 7) is 4.34. The lowest BCUT2D eigenvalue weighted by atomic mass is 10.1. The first-order valence-electron chi connectivity index (χ1n) is 9.71. The van der Waals surface area contributed by atoms with Gasteiger partial charge in [0.2, 0.25) is 0 Å². The Morgan fingerprint density at radius 1 is 0.852 bits per heavy atom. The Balaban J connectivity index is 4.42. The van der Waals surface area contributed by atoms with E-state index in [9.17, 15) is 0 Å². The molecule has 2 nitrogen and oxygen atoms in total. The summed E-state index contributed by atoms with van der Waals surface area (Å²) in [6, 6.07) is 0. The van der Waals surface area contributed by atoms with Gasteiger partial charge < -0.3 is 9.05 Å². The van der Waals surface area contributed by atoms with Crippen LogP contribution in [0.2, 0.25) is 0 Å². The molecule has 0 aromatic heterocycles. The van der Waals surface area contributed by atoms with E-state index in [1.54, 1.807) is 0 Å². The Kier molecular flexibility index (Phi) is 21.7. The number of allylic oxidation sites excluding steroid dienone is 10. The molecule has 0 rings (SSSR count). The zero-order valence-corrected chi connectivity index (χ0v) is 20.1. The Morgan fingerprint density at radius 2 is 1.56 bits per heavy atom. The van der Waals surface area contributed by atoms with Crippen LogP contribution in [0.1, 0.15) is 52.4 Å². The largest absolute Gasteiger partial charge is 0.356 e. The van der Waals surface area contributed by atoms with Gasteiger partial charge in [-0.25, -0.2) is 0 Å². The van der Waals surface area contributed by atoms with Crippen LogP contribution in [0, 0.1) is 0 Å². The van der Waals surface area contributed by atoms with Gasteiger partial charge in [0.15, 0.2) is 0 Å². The summed E-state index contributed by atoms with van der Waals surface area (Å²) in [5.74, 6) is 0. The van der Waals surface area contributed by atoms with E-state index in [4.69, 9.17) is 9.05 Å². The third kappa shape index (κ3) is 17.5. The molecule has 0 aliphatic carbocycles. The van der Waals surface area contributed by atoms with E-state index in [0.717, 1.165) is 32.1 Å². The molecule has 0 aliphatic heterocycles. The van der Waals surface area contributed by atoms with E-state index in [0.29, 0.717) is 8.50 Å². The van der Waals surface area contributed by atoms with E-state index in [1.165, 1.54) is 6.42 Å². The van der Waals surface area contributed by atoms with Crippen LogP contribution in [0.5, 0.6) is 0 Å². The summed E-state index contributed by atoms with van der Waals surface area (Å²) < 4.78 is 11.4. The lowest BCUT2D eigenvalue weighted by molar-refractivity contribution is 0.116. The first-order chi connectivity index (χ1) is 13.3. The van der Waals surface area contributed by atoms with Crippen molar-refractivity contribution in [3.8, 4) is 0 Å². The minimum Gasteiger partial charge on any atom is -0.356 e. The summed E-state index contributed by atoms with van der Waals surface area (Å²) in [4.78, 5) is 0. The normalized spacial score (nSPS) is 16.0. The summed E-state index contributed by atoms with van der Waals surface area (Å²) in [5, 5.41) is 0. The smallest absolute Gasteiger partial charge is 0.106 e. The molecule has 5 unspecified atom stereocenters. The van der Waals surface area contributed by atoms with Crippen molar-refractivity contribution < 1.29 is 9.05 Å². The van der Waals surface area contributed by atoms with E-state index < -0.39 is 0 Å². The van der Waals surface area contributed by atoms with Crippen LogP contribution in [0.25, 0.3) is 0 Å². The average Bonchev–Trinajstić information content (AvgIpc) is 2.68. The molecule has 0 spiro atoms. The lowest BCUT2D eigenvalue weighted by Gasteiger charge is -2.21. The second kappa shape index (κ2) is 21.9. The van der Waals surface area contributed by atoms with Gasteiger partial charge in [0.25, 0.3) is 0 Å². The van der Waals surface area contributed by atoms with Gasteiger partial charge in [-0.05, 0) is 32.1 Å². The van der Waals surface area contributed by atoms with E-state index in [-0.39, 0.29) is 12.2 Å². The van der Waals surface area contributed by atoms with Gasteiger partial charge in [-0.1, -0.05) is 102 Å². The van der Waals surface area contributed by atoms with Crippen molar-refractivity contribution in [3.05, 3.63) is 72.9 Å². The maximum atomic E-state index is 5.85. The third-order valence-electron chi connectivity index (χ3n) is 3.62. The summed E-state index contributed by atoms with van der Waals surface area (Å²) in [5.41, 5.74) is 0. The molecule has 0 N–H and O–H groups in total. The van der Waals surface area contributed by atoms with Gasteiger partial charge in [0.05, 0.1) is 6.10 Å². The molecule has 5 heteroatoms. The van der Waals surface area contributed by atoms with E-state index >= 15 is 0 Å². The van der Waals surface area contributed by atoms with Gasteiger partial charge >= 0.3 is 0 Å². The summed E-state index contributed by atoms with van der Waals surface area (Å²) >= 11 is 0. The summed E-state index contributed by atoms with van der Waals surface area (Å²) in [7, 11) is 5.36. The van der Waals surface area contributed by atoms with Crippen molar-refractivity contribution in [2.24, 2.45) is 0 Å². The average molecular weight is 426 g/mol. The molecule has 152 valence electrons. The second-order valence-corrected chi connectivity index (χ2v) is 7.34. The van der Waals surface area contributed by atoms with Crippen molar-refractivity contribution in [2.45, 2.75) is 64.6 Å². The molecular weight excluding hydrogens is 389 g/mol. The molecule has 0 saturated carbocycles. The van der Waals surface area contributed by atoms with Gasteiger partial charge in [0, 0.05) is 18.0 Å². The number of unbranched alkanes of at least 4 members (excludes halogenated alkanes) is 1. The predicted molar refractivity (Wildman–Crippen MR) is 131 cm³/mol. The number of hydrogen-bond acceptors (Lipinski definition) is 2. The Labute approximate surface area is 173 Å².